The van der Waals surface area contributed by atoms with Gasteiger partial charge in [0.1, 0.15) is 5.75 Å². The average molecular weight is 258 g/mol. The average Bonchev–Trinajstić information content (AvgIpc) is 2.79. The topological polar surface area (TPSA) is 21.3 Å². The molecule has 0 bridgehead atoms. The maximum atomic E-state index is 6.06. The van der Waals surface area contributed by atoms with Crippen LogP contribution < -0.4 is 10.1 Å². The predicted molar refractivity (Wildman–Crippen MR) is 71.9 cm³/mol. The van der Waals surface area contributed by atoms with E-state index in [2.05, 4.69) is 5.32 Å². The van der Waals surface area contributed by atoms with Crippen molar-refractivity contribution in [3.05, 3.63) is 23.2 Å². The number of halogens is 1. The minimum Gasteiger partial charge on any atom is -0.495 e. The SMILES string of the molecule is COc1ccc(NCC2CCSC2)cc1Cl. The van der Waals surface area contributed by atoms with Gasteiger partial charge < -0.3 is 10.1 Å². The zero-order valence-corrected chi connectivity index (χ0v) is 10.9. The van der Waals surface area contributed by atoms with Gasteiger partial charge in [0.25, 0.3) is 0 Å². The van der Waals surface area contributed by atoms with Crippen molar-refractivity contribution in [1.82, 2.24) is 0 Å². The van der Waals surface area contributed by atoms with Gasteiger partial charge in [0.05, 0.1) is 12.1 Å². The molecule has 1 atom stereocenters. The molecule has 2 rings (SSSR count). The fraction of sp³-hybridized carbons (Fsp3) is 0.500. The molecule has 0 spiro atoms. The quantitative estimate of drug-likeness (QED) is 0.892. The number of nitrogens with one attached hydrogen (secondary N) is 1. The highest BCUT2D eigenvalue weighted by Gasteiger charge is 2.14. The maximum absolute atomic E-state index is 6.06. The van der Waals surface area contributed by atoms with E-state index in [4.69, 9.17) is 16.3 Å². The number of ether oxygens (including phenoxy) is 1. The second-order valence-electron chi connectivity index (χ2n) is 3.96. The normalized spacial score (nSPS) is 19.8. The van der Waals surface area contributed by atoms with Crippen molar-refractivity contribution in [2.24, 2.45) is 5.92 Å². The van der Waals surface area contributed by atoms with Crippen molar-refractivity contribution in [3.63, 3.8) is 0 Å². The summed E-state index contributed by atoms with van der Waals surface area (Å²) < 4.78 is 5.11. The summed E-state index contributed by atoms with van der Waals surface area (Å²) in [5.41, 5.74) is 1.07. The highest BCUT2D eigenvalue weighted by Crippen LogP contribution is 2.28. The van der Waals surface area contributed by atoms with Crippen LogP contribution in [0, 0.1) is 5.92 Å². The molecule has 1 fully saturated rings. The molecule has 0 saturated carbocycles. The summed E-state index contributed by atoms with van der Waals surface area (Å²) in [6, 6.07) is 5.82. The molecule has 0 radical (unpaired) electrons. The Hall–Kier alpha value is -0.540. The lowest BCUT2D eigenvalue weighted by Crippen LogP contribution is -2.13. The molecule has 0 aromatic heterocycles. The molecule has 1 aliphatic heterocycles. The molecule has 0 amide bonds. The molecule has 16 heavy (non-hydrogen) atoms. The predicted octanol–water partition coefficient (Wildman–Crippen LogP) is 3.51. The van der Waals surface area contributed by atoms with E-state index in [-0.39, 0.29) is 0 Å². The molecule has 1 N–H and O–H groups in total. The molecule has 1 aromatic carbocycles. The van der Waals surface area contributed by atoms with Gasteiger partial charge in [-0.05, 0) is 42.0 Å². The Morgan fingerprint density at radius 2 is 2.44 bits per heavy atom. The molecule has 88 valence electrons. The zero-order valence-electron chi connectivity index (χ0n) is 9.33. The summed E-state index contributed by atoms with van der Waals surface area (Å²) in [6.07, 6.45) is 1.32. The molecule has 1 unspecified atom stereocenters. The number of hydrogen-bond acceptors (Lipinski definition) is 3. The molecule has 4 heteroatoms. The number of rotatable bonds is 4. The standard InChI is InChI=1S/C12H16ClNOS/c1-15-12-3-2-10(6-11(12)13)14-7-9-4-5-16-8-9/h2-3,6,9,14H,4-5,7-8H2,1H3. The Bertz CT molecular complexity index is 353. The highest BCUT2D eigenvalue weighted by molar-refractivity contribution is 7.99. The largest absolute Gasteiger partial charge is 0.495 e. The minimum atomic E-state index is 0.660. The second-order valence-corrected chi connectivity index (χ2v) is 5.52. The monoisotopic (exact) mass is 257 g/mol. The van der Waals surface area contributed by atoms with Gasteiger partial charge in [0, 0.05) is 12.2 Å². The Morgan fingerprint density at radius 3 is 3.06 bits per heavy atom. The third kappa shape index (κ3) is 2.98. The number of methoxy groups -OCH3 is 1. The van der Waals surface area contributed by atoms with Crippen LogP contribution in [0.2, 0.25) is 5.02 Å². The van der Waals surface area contributed by atoms with E-state index < -0.39 is 0 Å². The van der Waals surface area contributed by atoms with E-state index in [1.165, 1.54) is 17.9 Å². The van der Waals surface area contributed by atoms with Crippen LogP contribution in [-0.4, -0.2) is 25.2 Å². The fourth-order valence-corrected chi connectivity index (χ4v) is 3.33. The first-order valence-corrected chi connectivity index (χ1v) is 6.98. The number of anilines is 1. The number of hydrogen-bond donors (Lipinski definition) is 1. The third-order valence-corrected chi connectivity index (χ3v) is 4.30. The summed E-state index contributed by atoms with van der Waals surface area (Å²) in [4.78, 5) is 0. The van der Waals surface area contributed by atoms with Crippen molar-refractivity contribution in [3.8, 4) is 5.75 Å². The minimum absolute atomic E-state index is 0.660. The van der Waals surface area contributed by atoms with E-state index >= 15 is 0 Å². The molecular formula is C12H16ClNOS. The van der Waals surface area contributed by atoms with E-state index in [1.54, 1.807) is 7.11 Å². The molecular weight excluding hydrogens is 242 g/mol. The van der Waals surface area contributed by atoms with Gasteiger partial charge in [-0.3, -0.25) is 0 Å². The van der Waals surface area contributed by atoms with E-state index in [1.807, 2.05) is 30.0 Å². The van der Waals surface area contributed by atoms with Gasteiger partial charge in [0.2, 0.25) is 0 Å². The highest BCUT2D eigenvalue weighted by atomic mass is 35.5. The summed E-state index contributed by atoms with van der Waals surface area (Å²) in [7, 11) is 1.63. The van der Waals surface area contributed by atoms with E-state index in [0.717, 1.165) is 23.9 Å². The Balaban J connectivity index is 1.91. The van der Waals surface area contributed by atoms with Crippen LogP contribution >= 0.6 is 23.4 Å². The molecule has 2 nitrogen and oxygen atoms in total. The summed E-state index contributed by atoms with van der Waals surface area (Å²) >= 11 is 8.10. The first-order chi connectivity index (χ1) is 7.79. The van der Waals surface area contributed by atoms with Gasteiger partial charge in [-0.2, -0.15) is 11.8 Å². The van der Waals surface area contributed by atoms with Crippen LogP contribution in [0.25, 0.3) is 0 Å². The fourth-order valence-electron chi connectivity index (χ4n) is 1.78. The van der Waals surface area contributed by atoms with E-state index in [9.17, 15) is 0 Å². The Labute approximate surface area is 106 Å². The number of benzene rings is 1. The molecule has 0 aliphatic carbocycles. The molecule has 1 heterocycles. The van der Waals surface area contributed by atoms with Crippen LogP contribution in [0.3, 0.4) is 0 Å². The van der Waals surface area contributed by atoms with Crippen molar-refractivity contribution in [2.75, 3.05) is 30.5 Å². The summed E-state index contributed by atoms with van der Waals surface area (Å²) in [5.74, 6) is 4.10. The molecule has 1 saturated heterocycles. The van der Waals surface area contributed by atoms with Crippen molar-refractivity contribution in [1.29, 1.82) is 0 Å². The maximum Gasteiger partial charge on any atom is 0.137 e. The van der Waals surface area contributed by atoms with Crippen LogP contribution in [-0.2, 0) is 0 Å². The first kappa shape index (κ1) is 11.9. The van der Waals surface area contributed by atoms with Gasteiger partial charge in [-0.25, -0.2) is 0 Å². The molecule has 1 aromatic rings. The Morgan fingerprint density at radius 1 is 1.56 bits per heavy atom. The van der Waals surface area contributed by atoms with Crippen LogP contribution in [0.15, 0.2) is 18.2 Å². The van der Waals surface area contributed by atoms with E-state index in [0.29, 0.717) is 5.02 Å². The van der Waals surface area contributed by atoms with Gasteiger partial charge in [-0.15, -0.1) is 0 Å². The summed E-state index contributed by atoms with van der Waals surface area (Å²) in [6.45, 7) is 1.04. The van der Waals surface area contributed by atoms with Gasteiger partial charge in [-0.1, -0.05) is 11.6 Å². The third-order valence-electron chi connectivity index (χ3n) is 2.77. The summed E-state index contributed by atoms with van der Waals surface area (Å²) in [5, 5.41) is 4.09. The van der Waals surface area contributed by atoms with Crippen LogP contribution in [0.1, 0.15) is 6.42 Å². The lowest BCUT2D eigenvalue weighted by molar-refractivity contribution is 0.415. The number of thioether (sulfide) groups is 1. The zero-order chi connectivity index (χ0) is 11.4. The van der Waals surface area contributed by atoms with Crippen molar-refractivity contribution in [2.45, 2.75) is 6.42 Å². The van der Waals surface area contributed by atoms with Crippen LogP contribution in [0.5, 0.6) is 5.75 Å². The lowest BCUT2D eigenvalue weighted by Gasteiger charge is -2.12. The van der Waals surface area contributed by atoms with Crippen molar-refractivity contribution < 1.29 is 4.74 Å². The Kier molecular flexibility index (Phi) is 4.24. The molecule has 1 aliphatic rings. The van der Waals surface area contributed by atoms with Crippen LogP contribution in [0.4, 0.5) is 5.69 Å². The van der Waals surface area contributed by atoms with Crippen molar-refractivity contribution >= 4 is 29.1 Å². The van der Waals surface area contributed by atoms with Gasteiger partial charge >= 0.3 is 0 Å². The smallest absolute Gasteiger partial charge is 0.137 e. The second kappa shape index (κ2) is 5.69. The van der Waals surface area contributed by atoms with Gasteiger partial charge in [0.15, 0.2) is 0 Å². The first-order valence-electron chi connectivity index (χ1n) is 5.45. The lowest BCUT2D eigenvalue weighted by atomic mass is 10.1.